The van der Waals surface area contributed by atoms with E-state index < -0.39 is 5.60 Å². The van der Waals surface area contributed by atoms with Crippen molar-refractivity contribution in [3.63, 3.8) is 0 Å². The summed E-state index contributed by atoms with van der Waals surface area (Å²) in [6, 6.07) is 4.43. The second-order valence-electron chi connectivity index (χ2n) is 8.61. The zero-order valence-corrected chi connectivity index (χ0v) is 18.6. The summed E-state index contributed by atoms with van der Waals surface area (Å²) in [5, 5.41) is 17.8. The molecule has 1 aromatic rings. The molecule has 1 aromatic heterocycles. The van der Waals surface area contributed by atoms with Crippen LogP contribution in [0.15, 0.2) is 27.8 Å². The van der Waals surface area contributed by atoms with Gasteiger partial charge in [-0.3, -0.25) is 14.8 Å². The van der Waals surface area contributed by atoms with Crippen molar-refractivity contribution in [1.29, 1.82) is 0 Å². The van der Waals surface area contributed by atoms with Crippen molar-refractivity contribution in [3.8, 4) is 0 Å². The second-order valence-corrected chi connectivity index (χ2v) is 8.61. The number of nitrogens with zero attached hydrogens (tertiary/aromatic N) is 3. The average molecular weight is 422 g/mol. The Morgan fingerprint density at radius 1 is 1.30 bits per heavy atom. The normalized spacial score (nSPS) is 23.4. The molecule has 8 nitrogen and oxygen atoms in total. The number of ether oxygens (including phenoxy) is 1. The summed E-state index contributed by atoms with van der Waals surface area (Å²) in [6.07, 6.45) is 4.97. The van der Waals surface area contributed by atoms with Gasteiger partial charge in [0.2, 0.25) is 0 Å². The van der Waals surface area contributed by atoms with Crippen LogP contribution in [-0.4, -0.2) is 98.1 Å². The first-order chi connectivity index (χ1) is 14.6. The first kappa shape index (κ1) is 23.1. The lowest BCUT2D eigenvalue weighted by molar-refractivity contribution is -0.0180. The number of aliphatic imine (C=N–C) groups is 1. The molecule has 0 aliphatic carbocycles. The van der Waals surface area contributed by atoms with Crippen LogP contribution in [0.1, 0.15) is 32.4 Å². The van der Waals surface area contributed by atoms with Gasteiger partial charge >= 0.3 is 0 Å². The maximum atomic E-state index is 10.9. The monoisotopic (exact) mass is 421 g/mol. The van der Waals surface area contributed by atoms with E-state index in [2.05, 4.69) is 27.4 Å². The Kier molecular flexibility index (Phi) is 8.99. The fourth-order valence-electron chi connectivity index (χ4n) is 4.23. The smallest absolute Gasteiger partial charge is 0.191 e. The highest BCUT2D eigenvalue weighted by Crippen LogP contribution is 2.15. The Morgan fingerprint density at radius 2 is 2.13 bits per heavy atom. The predicted octanol–water partition coefficient (Wildman–Crippen LogP) is 0.925. The number of aliphatic hydroxyl groups is 1. The van der Waals surface area contributed by atoms with Gasteiger partial charge in [-0.05, 0) is 45.0 Å². The number of hydrogen-bond donors (Lipinski definition) is 3. The molecule has 0 spiro atoms. The Labute approximate surface area is 180 Å². The molecular weight excluding hydrogens is 382 g/mol. The van der Waals surface area contributed by atoms with E-state index in [4.69, 9.17) is 14.1 Å². The van der Waals surface area contributed by atoms with Gasteiger partial charge < -0.3 is 24.9 Å². The van der Waals surface area contributed by atoms with Gasteiger partial charge in [0.05, 0.1) is 31.6 Å². The second kappa shape index (κ2) is 11.7. The van der Waals surface area contributed by atoms with Crippen LogP contribution in [0.3, 0.4) is 0 Å². The summed E-state index contributed by atoms with van der Waals surface area (Å²) in [4.78, 5) is 9.49. The highest BCUT2D eigenvalue weighted by Gasteiger charge is 2.26. The molecule has 0 amide bonds. The molecule has 30 heavy (non-hydrogen) atoms. The number of furan rings is 1. The molecule has 3 N–H and O–H groups in total. The molecule has 3 rings (SSSR count). The molecular formula is C22H39N5O3. The van der Waals surface area contributed by atoms with E-state index in [0.29, 0.717) is 19.1 Å². The van der Waals surface area contributed by atoms with Gasteiger partial charge in [0, 0.05) is 45.2 Å². The quantitative estimate of drug-likeness (QED) is 0.383. The average Bonchev–Trinajstić information content (AvgIpc) is 3.41. The molecule has 0 radical (unpaired) electrons. The van der Waals surface area contributed by atoms with Crippen molar-refractivity contribution in [1.82, 2.24) is 20.4 Å². The summed E-state index contributed by atoms with van der Waals surface area (Å²) < 4.78 is 10.8. The van der Waals surface area contributed by atoms with E-state index in [9.17, 15) is 5.11 Å². The molecule has 0 saturated carbocycles. The van der Waals surface area contributed by atoms with Crippen molar-refractivity contribution in [3.05, 3.63) is 24.2 Å². The third kappa shape index (κ3) is 7.58. The zero-order valence-electron chi connectivity index (χ0n) is 18.6. The highest BCUT2D eigenvalue weighted by atomic mass is 16.5. The minimum absolute atomic E-state index is 0.350. The standard InChI is InChI=1S/C22H39N5O3/c1-3-27-10-4-6-19(27)16-24-21(23-9-8-20-7-5-13-30-20)25-17-22(2,28)18-26-11-14-29-15-12-26/h5,7,13,19,28H,3-4,6,8-12,14-18H2,1-2H3,(H2,23,24,25). The SMILES string of the molecule is CCN1CCCC1CNC(=NCC(C)(O)CN1CCOCC1)NCCc1ccco1. The lowest BCUT2D eigenvalue weighted by atomic mass is 10.1. The van der Waals surface area contributed by atoms with Crippen LogP contribution >= 0.6 is 0 Å². The number of β-amino-alcohol motifs (C(OH)–C–C–N with tert-alkyl or cyclic N) is 1. The third-order valence-electron chi connectivity index (χ3n) is 5.90. The Hall–Kier alpha value is -1.61. The van der Waals surface area contributed by atoms with Crippen molar-refractivity contribution >= 4 is 5.96 Å². The molecule has 8 heteroatoms. The van der Waals surface area contributed by atoms with Crippen molar-refractivity contribution in [2.75, 3.05) is 65.6 Å². The van der Waals surface area contributed by atoms with Crippen LogP contribution < -0.4 is 10.6 Å². The molecule has 2 saturated heterocycles. The topological polar surface area (TPSA) is 85.5 Å². The van der Waals surface area contributed by atoms with Crippen LogP contribution in [-0.2, 0) is 11.2 Å². The van der Waals surface area contributed by atoms with Gasteiger partial charge in [-0.15, -0.1) is 0 Å². The van der Waals surface area contributed by atoms with Gasteiger partial charge in [0.1, 0.15) is 5.76 Å². The predicted molar refractivity (Wildman–Crippen MR) is 119 cm³/mol. The largest absolute Gasteiger partial charge is 0.469 e. The van der Waals surface area contributed by atoms with E-state index in [1.54, 1.807) is 6.26 Å². The van der Waals surface area contributed by atoms with Gasteiger partial charge in [-0.25, -0.2) is 0 Å². The molecule has 2 atom stereocenters. The zero-order chi connectivity index (χ0) is 21.2. The summed E-state index contributed by atoms with van der Waals surface area (Å²) in [5.74, 6) is 1.71. The Morgan fingerprint density at radius 3 is 2.87 bits per heavy atom. The highest BCUT2D eigenvalue weighted by molar-refractivity contribution is 5.79. The molecule has 2 unspecified atom stereocenters. The fourth-order valence-corrected chi connectivity index (χ4v) is 4.23. The number of nitrogens with one attached hydrogen (secondary N) is 2. The summed E-state index contributed by atoms with van der Waals surface area (Å²) in [6.45, 7) is 12.1. The summed E-state index contributed by atoms with van der Waals surface area (Å²) >= 11 is 0. The van der Waals surface area contributed by atoms with Gasteiger partial charge in [0.15, 0.2) is 5.96 Å². The van der Waals surface area contributed by atoms with E-state index in [0.717, 1.165) is 64.1 Å². The molecule has 0 bridgehead atoms. The van der Waals surface area contributed by atoms with Crippen molar-refractivity contribution in [2.45, 2.75) is 44.8 Å². The van der Waals surface area contributed by atoms with Crippen LogP contribution in [0.25, 0.3) is 0 Å². The molecule has 3 heterocycles. The van der Waals surface area contributed by atoms with E-state index >= 15 is 0 Å². The number of guanidine groups is 1. The molecule has 0 aromatic carbocycles. The lowest BCUT2D eigenvalue weighted by Gasteiger charge is -2.33. The Bertz CT molecular complexity index is 629. The van der Waals surface area contributed by atoms with Gasteiger partial charge in [0.25, 0.3) is 0 Å². The number of likely N-dealkylation sites (N-methyl/N-ethyl adjacent to an activating group) is 1. The number of hydrogen-bond acceptors (Lipinski definition) is 6. The molecule has 170 valence electrons. The van der Waals surface area contributed by atoms with Crippen LogP contribution in [0.2, 0.25) is 0 Å². The first-order valence-corrected chi connectivity index (χ1v) is 11.4. The van der Waals surface area contributed by atoms with Crippen LogP contribution in [0.4, 0.5) is 0 Å². The van der Waals surface area contributed by atoms with E-state index in [-0.39, 0.29) is 0 Å². The van der Waals surface area contributed by atoms with E-state index in [1.165, 1.54) is 19.4 Å². The maximum Gasteiger partial charge on any atom is 0.191 e. The van der Waals surface area contributed by atoms with Gasteiger partial charge in [-0.1, -0.05) is 6.92 Å². The van der Waals surface area contributed by atoms with Crippen molar-refractivity contribution < 1.29 is 14.3 Å². The minimum Gasteiger partial charge on any atom is -0.469 e. The fraction of sp³-hybridized carbons (Fsp3) is 0.773. The Balaban J connectivity index is 1.53. The molecule has 2 aliphatic heterocycles. The summed E-state index contributed by atoms with van der Waals surface area (Å²) in [7, 11) is 0. The van der Waals surface area contributed by atoms with Crippen LogP contribution in [0, 0.1) is 0 Å². The van der Waals surface area contributed by atoms with E-state index in [1.807, 2.05) is 19.1 Å². The summed E-state index contributed by atoms with van der Waals surface area (Å²) in [5.41, 5.74) is -0.879. The third-order valence-corrected chi connectivity index (χ3v) is 5.90. The maximum absolute atomic E-state index is 10.9. The van der Waals surface area contributed by atoms with Gasteiger partial charge in [-0.2, -0.15) is 0 Å². The lowest BCUT2D eigenvalue weighted by Crippen LogP contribution is -2.49. The number of rotatable bonds is 10. The first-order valence-electron chi connectivity index (χ1n) is 11.4. The molecule has 2 aliphatic rings. The minimum atomic E-state index is -0.879. The number of morpholine rings is 1. The molecule has 2 fully saturated rings. The van der Waals surface area contributed by atoms with Crippen molar-refractivity contribution in [2.24, 2.45) is 4.99 Å². The van der Waals surface area contributed by atoms with Crippen LogP contribution in [0.5, 0.6) is 0 Å². The number of likely N-dealkylation sites (tertiary alicyclic amines) is 1.